The quantitative estimate of drug-likeness (QED) is 0.295. The van der Waals surface area contributed by atoms with Gasteiger partial charge >= 0.3 is 0 Å². The second-order valence-electron chi connectivity index (χ2n) is 1.33. The molecule has 0 aliphatic carbocycles. The summed E-state index contributed by atoms with van der Waals surface area (Å²) in [5.41, 5.74) is 9.83. The minimum Gasteiger partial charge on any atom is -0.394 e. The van der Waals surface area contributed by atoms with Crippen LogP contribution in [0.2, 0.25) is 0 Å². The summed E-state index contributed by atoms with van der Waals surface area (Å²) in [6.07, 6.45) is -1.81. The molecule has 0 radical (unpaired) electrons. The van der Waals surface area contributed by atoms with Crippen molar-refractivity contribution in [2.75, 3.05) is 6.61 Å². The molecule has 0 aliphatic heterocycles. The van der Waals surface area contributed by atoms with Crippen LogP contribution < -0.4 is 11.5 Å². The smallest absolute Gasteiger partial charge is 0.105 e. The second-order valence-corrected chi connectivity index (χ2v) is 1.33. The molecule has 0 bridgehead atoms. The van der Waals surface area contributed by atoms with E-state index in [0.29, 0.717) is 0 Å². The lowest BCUT2D eigenvalue weighted by atomic mass is 10.3. The fraction of sp³-hybridized carbons (Fsp3) is 1.00. The Morgan fingerprint density at radius 3 is 1.86 bits per heavy atom. The molecule has 6 N–H and O–H groups in total. The maximum Gasteiger partial charge on any atom is 0.105 e. The van der Waals surface area contributed by atoms with E-state index in [1.807, 2.05) is 0 Å². The van der Waals surface area contributed by atoms with Gasteiger partial charge in [0, 0.05) is 0 Å². The summed E-state index contributed by atoms with van der Waals surface area (Å²) in [5, 5.41) is 16.5. The summed E-state index contributed by atoms with van der Waals surface area (Å²) in [6.45, 7) is -0.377. The normalized spacial score (nSPS) is 15.0. The minimum absolute atomic E-state index is 0.377. The van der Waals surface area contributed by atoms with Crippen molar-refractivity contribution in [1.29, 1.82) is 0 Å². The van der Waals surface area contributed by atoms with Crippen LogP contribution in [0.5, 0.6) is 0 Å². The lowest BCUT2D eigenvalue weighted by Gasteiger charge is -2.08. The third-order valence-electron chi connectivity index (χ3n) is 0.631. The molecule has 0 saturated heterocycles. The third-order valence-corrected chi connectivity index (χ3v) is 0.631. The molecule has 0 amide bonds. The molecule has 0 aromatic rings. The van der Waals surface area contributed by atoms with E-state index in [9.17, 15) is 0 Å². The molecule has 4 nitrogen and oxygen atoms in total. The predicted octanol–water partition coefficient (Wildman–Crippen LogP) is -2.42. The van der Waals surface area contributed by atoms with Crippen molar-refractivity contribution in [3.05, 3.63) is 0 Å². The van der Waals surface area contributed by atoms with Crippen molar-refractivity contribution in [1.82, 2.24) is 0 Å². The monoisotopic (exact) mass is 106 g/mol. The van der Waals surface area contributed by atoms with Crippen molar-refractivity contribution in [2.45, 2.75) is 12.3 Å². The van der Waals surface area contributed by atoms with Gasteiger partial charge in [-0.15, -0.1) is 0 Å². The Morgan fingerprint density at radius 2 is 1.86 bits per heavy atom. The van der Waals surface area contributed by atoms with Crippen molar-refractivity contribution in [3.8, 4) is 0 Å². The average molecular weight is 106 g/mol. The molecule has 4 heteroatoms. The van der Waals surface area contributed by atoms with E-state index in [2.05, 4.69) is 0 Å². The highest BCUT2D eigenvalue weighted by Gasteiger charge is 2.05. The van der Waals surface area contributed by atoms with Crippen molar-refractivity contribution >= 4 is 0 Å². The number of rotatable bonds is 2. The Labute approximate surface area is 41.7 Å². The molecule has 1 atom stereocenters. The fourth-order valence-corrected chi connectivity index (χ4v) is 0.122. The van der Waals surface area contributed by atoms with E-state index in [4.69, 9.17) is 21.7 Å². The Kier molecular flexibility index (Phi) is 2.86. The van der Waals surface area contributed by atoms with Gasteiger partial charge < -0.3 is 21.7 Å². The van der Waals surface area contributed by atoms with Gasteiger partial charge in [-0.25, -0.2) is 0 Å². The molecule has 0 rings (SSSR count). The molecule has 1 unspecified atom stereocenters. The minimum atomic E-state index is -0.986. The summed E-state index contributed by atoms with van der Waals surface area (Å²) in [5.74, 6) is 0. The third kappa shape index (κ3) is 2.52. The molecule has 0 spiro atoms. The fourth-order valence-electron chi connectivity index (χ4n) is 0.122. The van der Waals surface area contributed by atoms with Gasteiger partial charge in [0.15, 0.2) is 0 Å². The molecule has 0 fully saturated rings. The lowest BCUT2D eigenvalue weighted by Crippen LogP contribution is -2.44. The number of nitrogens with two attached hydrogens (primary N) is 2. The average Bonchev–Trinajstić information content (AvgIpc) is 1.65. The molecule has 0 aromatic carbocycles. The van der Waals surface area contributed by atoms with Gasteiger partial charge in [-0.2, -0.15) is 0 Å². The first-order valence-corrected chi connectivity index (χ1v) is 1.98. The first kappa shape index (κ1) is 6.84. The Bertz CT molecular complexity index is 48.2. The van der Waals surface area contributed by atoms with Crippen molar-refractivity contribution < 1.29 is 10.2 Å². The highest BCUT2D eigenvalue weighted by molar-refractivity contribution is 4.61. The van der Waals surface area contributed by atoms with Gasteiger partial charge in [-0.3, -0.25) is 0 Å². The molecule has 44 valence electrons. The van der Waals surface area contributed by atoms with Crippen LogP contribution in [0.1, 0.15) is 0 Å². The maximum atomic E-state index is 8.44. The Hall–Kier alpha value is -0.160. The zero-order chi connectivity index (χ0) is 5.86. The molecule has 7 heavy (non-hydrogen) atoms. The summed E-state index contributed by atoms with van der Waals surface area (Å²) in [6, 6.07) is 0. The summed E-state index contributed by atoms with van der Waals surface area (Å²) < 4.78 is 0. The number of hydrogen-bond donors (Lipinski definition) is 4. The highest BCUT2D eigenvalue weighted by atomic mass is 16.3. The van der Waals surface area contributed by atoms with Gasteiger partial charge in [-0.05, 0) is 0 Å². The van der Waals surface area contributed by atoms with E-state index in [1.165, 1.54) is 0 Å². The van der Waals surface area contributed by atoms with E-state index in [1.54, 1.807) is 0 Å². The largest absolute Gasteiger partial charge is 0.394 e. The van der Waals surface area contributed by atoms with Crippen molar-refractivity contribution in [2.24, 2.45) is 11.5 Å². The molecule has 0 saturated carbocycles. The molecule has 0 aromatic heterocycles. The first-order chi connectivity index (χ1) is 3.18. The van der Waals surface area contributed by atoms with Crippen LogP contribution in [0.3, 0.4) is 0 Å². The van der Waals surface area contributed by atoms with Crippen LogP contribution in [-0.2, 0) is 0 Å². The topological polar surface area (TPSA) is 92.5 Å². The summed E-state index contributed by atoms with van der Waals surface area (Å²) in [7, 11) is 0. The lowest BCUT2D eigenvalue weighted by molar-refractivity contribution is 0.0758. The van der Waals surface area contributed by atoms with Gasteiger partial charge in [0.2, 0.25) is 0 Å². The molecular weight excluding hydrogens is 96.0 g/mol. The Balaban J connectivity index is 3.14. The van der Waals surface area contributed by atoms with E-state index < -0.39 is 12.3 Å². The van der Waals surface area contributed by atoms with Gasteiger partial charge in [0.25, 0.3) is 0 Å². The van der Waals surface area contributed by atoms with E-state index in [-0.39, 0.29) is 6.61 Å². The summed E-state index contributed by atoms with van der Waals surface area (Å²) in [4.78, 5) is 0. The zero-order valence-electron chi connectivity index (χ0n) is 3.91. The number of aliphatic hydroxyl groups is 2. The molecule has 0 heterocycles. The predicted molar refractivity (Wildman–Crippen MR) is 25.3 cm³/mol. The number of hydrogen-bond acceptors (Lipinski definition) is 4. The van der Waals surface area contributed by atoms with Crippen LogP contribution in [0.15, 0.2) is 0 Å². The SMILES string of the molecule is NC(N)C(O)CO. The van der Waals surface area contributed by atoms with E-state index >= 15 is 0 Å². The zero-order valence-corrected chi connectivity index (χ0v) is 3.91. The Morgan fingerprint density at radius 1 is 1.43 bits per heavy atom. The second kappa shape index (κ2) is 2.92. The molecule has 0 aliphatic rings. The highest BCUT2D eigenvalue weighted by Crippen LogP contribution is 1.76. The van der Waals surface area contributed by atoms with Crippen LogP contribution in [0.4, 0.5) is 0 Å². The van der Waals surface area contributed by atoms with Crippen LogP contribution in [0.25, 0.3) is 0 Å². The summed E-state index contributed by atoms with van der Waals surface area (Å²) >= 11 is 0. The van der Waals surface area contributed by atoms with E-state index in [0.717, 1.165) is 0 Å². The standard InChI is InChI=1S/C3H10N2O2/c4-3(5)2(7)1-6/h2-3,6-7H,1,4-5H2. The first-order valence-electron chi connectivity index (χ1n) is 1.98. The molecular formula is C3H10N2O2. The van der Waals surface area contributed by atoms with Gasteiger partial charge in [0.1, 0.15) is 6.10 Å². The van der Waals surface area contributed by atoms with Crippen LogP contribution in [-0.4, -0.2) is 29.1 Å². The van der Waals surface area contributed by atoms with Crippen LogP contribution in [0, 0.1) is 0 Å². The van der Waals surface area contributed by atoms with Crippen LogP contribution >= 0.6 is 0 Å². The maximum absolute atomic E-state index is 8.44. The van der Waals surface area contributed by atoms with Gasteiger partial charge in [0.05, 0.1) is 12.8 Å². The van der Waals surface area contributed by atoms with Crippen molar-refractivity contribution in [3.63, 3.8) is 0 Å². The number of aliphatic hydroxyl groups excluding tert-OH is 2. The van der Waals surface area contributed by atoms with Gasteiger partial charge in [-0.1, -0.05) is 0 Å².